The molecular formula is C11H18N4. The summed E-state index contributed by atoms with van der Waals surface area (Å²) in [7, 11) is 0. The van der Waals surface area contributed by atoms with E-state index in [4.69, 9.17) is 5.73 Å². The predicted molar refractivity (Wildman–Crippen MR) is 57.6 cm³/mol. The second kappa shape index (κ2) is 3.59. The maximum absolute atomic E-state index is 5.63. The maximum Gasteiger partial charge on any atom is 0.154 e. The highest BCUT2D eigenvalue weighted by atomic mass is 15.4. The van der Waals surface area contributed by atoms with E-state index in [0.29, 0.717) is 12.0 Å². The lowest BCUT2D eigenvalue weighted by molar-refractivity contribution is 0.345. The SMILES string of the molecule is NCCC1CCCc2nc(C3CC3)nn21. The summed E-state index contributed by atoms with van der Waals surface area (Å²) in [4.78, 5) is 4.66. The van der Waals surface area contributed by atoms with Crippen molar-refractivity contribution in [2.24, 2.45) is 5.73 Å². The van der Waals surface area contributed by atoms with Gasteiger partial charge in [-0.15, -0.1) is 0 Å². The van der Waals surface area contributed by atoms with Gasteiger partial charge in [0.1, 0.15) is 5.82 Å². The van der Waals surface area contributed by atoms with Crippen LogP contribution < -0.4 is 5.73 Å². The van der Waals surface area contributed by atoms with Crippen LogP contribution in [0.3, 0.4) is 0 Å². The molecule has 1 aliphatic carbocycles. The number of fused-ring (bicyclic) bond motifs is 1. The van der Waals surface area contributed by atoms with Crippen LogP contribution in [0.15, 0.2) is 0 Å². The Labute approximate surface area is 89.9 Å². The molecule has 0 radical (unpaired) electrons. The van der Waals surface area contributed by atoms with Gasteiger partial charge in [-0.25, -0.2) is 9.67 Å². The standard InChI is InChI=1S/C11H18N4/c12-7-6-9-2-1-3-10-13-11(8-4-5-8)14-15(9)10/h8-9H,1-7,12H2. The molecule has 15 heavy (non-hydrogen) atoms. The number of hydrogen-bond donors (Lipinski definition) is 1. The number of aryl methyl sites for hydroxylation is 1. The van der Waals surface area contributed by atoms with E-state index in [1.807, 2.05) is 0 Å². The summed E-state index contributed by atoms with van der Waals surface area (Å²) in [5.41, 5.74) is 5.63. The van der Waals surface area contributed by atoms with Gasteiger partial charge in [-0.1, -0.05) is 0 Å². The van der Waals surface area contributed by atoms with E-state index >= 15 is 0 Å². The third kappa shape index (κ3) is 1.67. The lowest BCUT2D eigenvalue weighted by Gasteiger charge is -2.22. The van der Waals surface area contributed by atoms with Gasteiger partial charge >= 0.3 is 0 Å². The highest BCUT2D eigenvalue weighted by Crippen LogP contribution is 2.39. The summed E-state index contributed by atoms with van der Waals surface area (Å²) in [6, 6.07) is 0.513. The zero-order valence-corrected chi connectivity index (χ0v) is 9.02. The molecule has 4 nitrogen and oxygen atoms in total. The number of nitrogens with zero attached hydrogens (tertiary/aromatic N) is 3. The van der Waals surface area contributed by atoms with Crippen molar-refractivity contribution in [3.05, 3.63) is 11.6 Å². The van der Waals surface area contributed by atoms with E-state index < -0.39 is 0 Å². The van der Waals surface area contributed by atoms with Crippen LogP contribution in [0.1, 0.15) is 55.7 Å². The Bertz CT molecular complexity index is 353. The Morgan fingerprint density at radius 1 is 1.33 bits per heavy atom. The molecule has 0 amide bonds. The van der Waals surface area contributed by atoms with E-state index in [2.05, 4.69) is 14.8 Å². The number of nitrogens with two attached hydrogens (primary N) is 1. The molecule has 1 unspecified atom stereocenters. The third-order valence-corrected chi connectivity index (χ3v) is 3.44. The van der Waals surface area contributed by atoms with Crippen LogP contribution in [0.2, 0.25) is 0 Å². The molecule has 1 atom stereocenters. The first-order valence-electron chi connectivity index (χ1n) is 6.04. The van der Waals surface area contributed by atoms with Crippen molar-refractivity contribution < 1.29 is 0 Å². The summed E-state index contributed by atoms with van der Waals surface area (Å²) in [5.74, 6) is 2.96. The normalized spacial score (nSPS) is 25.3. The fraction of sp³-hybridized carbons (Fsp3) is 0.818. The smallest absolute Gasteiger partial charge is 0.154 e. The van der Waals surface area contributed by atoms with Gasteiger partial charge in [-0.2, -0.15) is 5.10 Å². The van der Waals surface area contributed by atoms with Gasteiger partial charge in [0.15, 0.2) is 5.82 Å². The second-order valence-corrected chi connectivity index (χ2v) is 4.73. The van der Waals surface area contributed by atoms with Gasteiger partial charge in [0.2, 0.25) is 0 Å². The second-order valence-electron chi connectivity index (χ2n) is 4.73. The van der Waals surface area contributed by atoms with Crippen molar-refractivity contribution >= 4 is 0 Å². The zero-order valence-electron chi connectivity index (χ0n) is 9.02. The minimum atomic E-state index is 0.513. The summed E-state index contributed by atoms with van der Waals surface area (Å²) in [6.07, 6.45) is 7.17. The molecule has 0 saturated heterocycles. The van der Waals surface area contributed by atoms with E-state index in [1.165, 1.54) is 31.5 Å². The average Bonchev–Trinajstić information content (AvgIpc) is 2.99. The fourth-order valence-electron chi connectivity index (χ4n) is 2.43. The van der Waals surface area contributed by atoms with Gasteiger partial charge in [0.05, 0.1) is 6.04 Å². The highest BCUT2D eigenvalue weighted by molar-refractivity contribution is 5.08. The molecule has 1 aliphatic heterocycles. The van der Waals surface area contributed by atoms with Crippen LogP contribution >= 0.6 is 0 Å². The minimum absolute atomic E-state index is 0.513. The van der Waals surface area contributed by atoms with Crippen LogP contribution in [-0.4, -0.2) is 21.3 Å². The molecule has 3 rings (SSSR count). The molecule has 0 aromatic carbocycles. The van der Waals surface area contributed by atoms with Crippen molar-refractivity contribution in [1.82, 2.24) is 14.8 Å². The van der Waals surface area contributed by atoms with Crippen LogP contribution in [0, 0.1) is 0 Å². The minimum Gasteiger partial charge on any atom is -0.330 e. The largest absolute Gasteiger partial charge is 0.330 e. The van der Waals surface area contributed by atoms with Gasteiger partial charge in [-0.3, -0.25) is 0 Å². The van der Waals surface area contributed by atoms with Gasteiger partial charge < -0.3 is 5.73 Å². The van der Waals surface area contributed by atoms with Gasteiger partial charge in [0, 0.05) is 12.3 Å². The Morgan fingerprint density at radius 2 is 2.20 bits per heavy atom. The molecule has 2 N–H and O–H groups in total. The first kappa shape index (κ1) is 9.33. The molecule has 1 aromatic heterocycles. The first-order chi connectivity index (χ1) is 7.38. The Balaban J connectivity index is 1.88. The number of aromatic nitrogens is 3. The van der Waals surface area contributed by atoms with Crippen molar-refractivity contribution in [3.8, 4) is 0 Å². The van der Waals surface area contributed by atoms with Crippen LogP contribution in [0.5, 0.6) is 0 Å². The average molecular weight is 206 g/mol. The summed E-state index contributed by atoms with van der Waals surface area (Å²) < 4.78 is 2.16. The quantitative estimate of drug-likeness (QED) is 0.813. The van der Waals surface area contributed by atoms with Crippen LogP contribution in [0.4, 0.5) is 0 Å². The van der Waals surface area contributed by atoms with Crippen molar-refractivity contribution in [2.45, 2.75) is 50.5 Å². The van der Waals surface area contributed by atoms with E-state index in [1.54, 1.807) is 0 Å². The number of hydrogen-bond acceptors (Lipinski definition) is 3. The first-order valence-corrected chi connectivity index (χ1v) is 6.04. The van der Waals surface area contributed by atoms with Crippen molar-refractivity contribution in [1.29, 1.82) is 0 Å². The highest BCUT2D eigenvalue weighted by Gasteiger charge is 2.31. The van der Waals surface area contributed by atoms with Crippen molar-refractivity contribution in [3.63, 3.8) is 0 Å². The Hall–Kier alpha value is -0.900. The zero-order chi connectivity index (χ0) is 10.3. The van der Waals surface area contributed by atoms with Crippen molar-refractivity contribution in [2.75, 3.05) is 6.54 Å². The topological polar surface area (TPSA) is 56.7 Å². The van der Waals surface area contributed by atoms with Gasteiger partial charge in [0.25, 0.3) is 0 Å². The summed E-state index contributed by atoms with van der Waals surface area (Å²) in [6.45, 7) is 0.753. The van der Waals surface area contributed by atoms with E-state index in [-0.39, 0.29) is 0 Å². The lowest BCUT2D eigenvalue weighted by Crippen LogP contribution is -2.21. The van der Waals surface area contributed by atoms with Crippen LogP contribution in [0.25, 0.3) is 0 Å². The van der Waals surface area contributed by atoms with Crippen LogP contribution in [-0.2, 0) is 6.42 Å². The molecule has 1 fully saturated rings. The van der Waals surface area contributed by atoms with E-state index in [0.717, 1.165) is 25.2 Å². The summed E-state index contributed by atoms with van der Waals surface area (Å²) in [5, 5.41) is 4.66. The Kier molecular flexibility index (Phi) is 2.24. The lowest BCUT2D eigenvalue weighted by atomic mass is 10.0. The van der Waals surface area contributed by atoms with Gasteiger partial charge in [-0.05, 0) is 38.6 Å². The maximum atomic E-state index is 5.63. The molecule has 4 heteroatoms. The molecule has 0 spiro atoms. The third-order valence-electron chi connectivity index (χ3n) is 3.44. The molecule has 1 aromatic rings. The molecule has 2 aliphatic rings. The molecular weight excluding hydrogens is 188 g/mol. The molecule has 1 saturated carbocycles. The summed E-state index contributed by atoms with van der Waals surface area (Å²) >= 11 is 0. The predicted octanol–water partition coefficient (Wildman–Crippen LogP) is 1.38. The monoisotopic (exact) mass is 206 g/mol. The number of rotatable bonds is 3. The molecule has 82 valence electrons. The fourth-order valence-corrected chi connectivity index (χ4v) is 2.43. The Morgan fingerprint density at radius 3 is 2.93 bits per heavy atom. The van der Waals surface area contributed by atoms with E-state index in [9.17, 15) is 0 Å². The molecule has 0 bridgehead atoms. The molecule has 2 heterocycles.